The molecule has 1 saturated heterocycles. The van der Waals surface area contributed by atoms with Gasteiger partial charge in [0.05, 0.1) is 4.75 Å². The third-order valence-corrected chi connectivity index (χ3v) is 5.70. The molecule has 1 aliphatic rings. The Morgan fingerprint density at radius 2 is 1.42 bits per heavy atom. The van der Waals surface area contributed by atoms with Gasteiger partial charge in [-0.25, -0.2) is 13.3 Å². The van der Waals surface area contributed by atoms with Gasteiger partial charge in [0.25, 0.3) is 0 Å². The van der Waals surface area contributed by atoms with E-state index in [9.17, 15) is 9.00 Å². The Kier molecular flexibility index (Phi) is 4.45. The highest BCUT2D eigenvalue weighted by Gasteiger charge is 2.48. The molecule has 3 atom stereocenters. The molecular weight excluding hydrogens is 322 g/mol. The maximum absolute atomic E-state index is 13.0. The largest absolute Gasteiger partial charge is 0.438 e. The molecule has 3 rings (SSSR count). The van der Waals surface area contributed by atoms with Crippen molar-refractivity contribution < 1.29 is 13.7 Å². The van der Waals surface area contributed by atoms with Gasteiger partial charge in [0.15, 0.2) is 6.10 Å². The van der Waals surface area contributed by atoms with Crippen LogP contribution in [0.5, 0.6) is 0 Å². The number of hydrogen-bond donors (Lipinski definition) is 0. The van der Waals surface area contributed by atoms with Gasteiger partial charge in [-0.2, -0.15) is 0 Å². The predicted molar refractivity (Wildman–Crippen MR) is 94.6 cm³/mol. The minimum absolute atomic E-state index is 0.416. The fourth-order valence-corrected chi connectivity index (χ4v) is 3.99. The van der Waals surface area contributed by atoms with Crippen LogP contribution in [0.4, 0.5) is 4.79 Å². The molecule has 1 amide bonds. The number of carbonyl (C=O) groups excluding carboxylic acids is 1. The highest BCUT2D eigenvalue weighted by molar-refractivity contribution is 7.84. The minimum atomic E-state index is -1.51. The van der Waals surface area contributed by atoms with E-state index in [0.717, 1.165) is 11.1 Å². The number of rotatable bonds is 3. The van der Waals surface area contributed by atoms with Gasteiger partial charge in [0.2, 0.25) is 0 Å². The summed E-state index contributed by atoms with van der Waals surface area (Å²) in [6.45, 7) is 5.57. The first-order valence-electron chi connectivity index (χ1n) is 7.91. The lowest BCUT2D eigenvalue weighted by Gasteiger charge is -2.29. The average Bonchev–Trinajstić information content (AvgIpc) is 2.92. The van der Waals surface area contributed by atoms with Gasteiger partial charge in [-0.3, -0.25) is 0 Å². The minimum Gasteiger partial charge on any atom is -0.438 e. The van der Waals surface area contributed by atoms with E-state index in [4.69, 9.17) is 4.74 Å². The van der Waals surface area contributed by atoms with Crippen LogP contribution in [-0.2, 0) is 15.7 Å². The Morgan fingerprint density at radius 3 is 1.92 bits per heavy atom. The Morgan fingerprint density at radius 1 is 0.917 bits per heavy atom. The maximum Gasteiger partial charge on any atom is 0.423 e. The molecule has 2 aromatic carbocycles. The van der Waals surface area contributed by atoms with Crippen molar-refractivity contribution in [2.24, 2.45) is 0 Å². The molecule has 1 aliphatic heterocycles. The predicted octanol–water partition coefficient (Wildman–Crippen LogP) is 4.38. The van der Waals surface area contributed by atoms with E-state index in [-0.39, 0.29) is 0 Å². The Hall–Kier alpha value is -2.14. The van der Waals surface area contributed by atoms with Gasteiger partial charge in [-0.1, -0.05) is 60.7 Å². The standard InChI is InChI=1S/C19H21NO3S/c1-19(2,3)24(22)20-16(14-10-6-4-7-11-14)17(23-18(20)21)15-12-8-5-9-13-15/h4-13,16-17H,1-3H3/t16-,17+,24?/m0/s1. The molecule has 126 valence electrons. The number of ether oxygens (including phenoxy) is 1. The third kappa shape index (κ3) is 3.08. The Bertz CT molecular complexity index is 740. The normalized spacial score (nSPS) is 22.3. The van der Waals surface area contributed by atoms with Gasteiger partial charge in [-0.05, 0) is 31.9 Å². The van der Waals surface area contributed by atoms with E-state index in [0.29, 0.717) is 0 Å². The lowest BCUT2D eigenvalue weighted by atomic mass is 9.97. The molecule has 5 heteroatoms. The molecule has 0 bridgehead atoms. The summed E-state index contributed by atoms with van der Waals surface area (Å²) in [5.41, 5.74) is 1.81. The van der Waals surface area contributed by atoms with Crippen LogP contribution >= 0.6 is 0 Å². The lowest BCUT2D eigenvalue weighted by molar-refractivity contribution is 0.131. The first kappa shape index (κ1) is 16.7. The quantitative estimate of drug-likeness (QED) is 0.831. The summed E-state index contributed by atoms with van der Waals surface area (Å²) in [7, 11) is -1.51. The van der Waals surface area contributed by atoms with Crippen LogP contribution in [0.1, 0.15) is 44.0 Å². The SMILES string of the molecule is CC(C)(C)S(=O)N1C(=O)O[C@H](c2ccccc2)[C@@H]1c1ccccc1. The first-order valence-corrected chi connectivity index (χ1v) is 9.02. The molecule has 0 N–H and O–H groups in total. The molecule has 0 spiro atoms. The molecule has 0 saturated carbocycles. The zero-order chi connectivity index (χ0) is 17.3. The van der Waals surface area contributed by atoms with Crippen molar-refractivity contribution in [2.45, 2.75) is 37.7 Å². The molecule has 2 aromatic rings. The summed E-state index contributed by atoms with van der Waals surface area (Å²) in [5.74, 6) is 0. The summed E-state index contributed by atoms with van der Waals surface area (Å²) in [5, 5.41) is 0. The van der Waals surface area contributed by atoms with E-state index >= 15 is 0 Å². The molecule has 24 heavy (non-hydrogen) atoms. The number of cyclic esters (lactones) is 1. The van der Waals surface area contributed by atoms with Gasteiger partial charge in [-0.15, -0.1) is 0 Å². The van der Waals surface area contributed by atoms with Gasteiger partial charge in [0, 0.05) is 0 Å². The van der Waals surface area contributed by atoms with Crippen LogP contribution in [0.3, 0.4) is 0 Å². The Labute approximate surface area is 145 Å². The summed E-state index contributed by atoms with van der Waals surface area (Å²) in [6, 6.07) is 18.8. The summed E-state index contributed by atoms with van der Waals surface area (Å²) < 4.78 is 19.4. The molecule has 0 aromatic heterocycles. The van der Waals surface area contributed by atoms with Crippen molar-refractivity contribution >= 4 is 17.1 Å². The van der Waals surface area contributed by atoms with Crippen LogP contribution < -0.4 is 0 Å². The van der Waals surface area contributed by atoms with Crippen LogP contribution in [0.15, 0.2) is 60.7 Å². The fourth-order valence-electron chi connectivity index (χ4n) is 2.78. The smallest absolute Gasteiger partial charge is 0.423 e. The van der Waals surface area contributed by atoms with Crippen molar-refractivity contribution in [1.82, 2.24) is 4.31 Å². The van der Waals surface area contributed by atoms with Gasteiger partial charge < -0.3 is 4.74 Å². The van der Waals surface area contributed by atoms with Crippen LogP contribution in [0.2, 0.25) is 0 Å². The monoisotopic (exact) mass is 343 g/mol. The second kappa shape index (κ2) is 6.40. The van der Waals surface area contributed by atoms with Crippen LogP contribution in [-0.4, -0.2) is 19.4 Å². The van der Waals surface area contributed by atoms with Crippen molar-refractivity contribution in [3.05, 3.63) is 71.8 Å². The average molecular weight is 343 g/mol. The molecule has 1 heterocycles. The topological polar surface area (TPSA) is 46.6 Å². The molecule has 0 radical (unpaired) electrons. The number of amides is 1. The number of benzene rings is 2. The second-order valence-corrected chi connectivity index (χ2v) is 8.87. The number of nitrogens with zero attached hydrogens (tertiary/aromatic N) is 1. The van der Waals surface area contributed by atoms with Crippen LogP contribution in [0, 0.1) is 0 Å². The zero-order valence-electron chi connectivity index (χ0n) is 14.0. The number of carbonyl (C=O) groups is 1. The van der Waals surface area contributed by atoms with Crippen molar-refractivity contribution in [1.29, 1.82) is 0 Å². The second-order valence-electron chi connectivity index (χ2n) is 6.76. The summed E-state index contributed by atoms with van der Waals surface area (Å²) in [6.07, 6.45) is -1.02. The fraction of sp³-hybridized carbons (Fsp3) is 0.316. The molecular formula is C19H21NO3S. The van der Waals surface area contributed by atoms with Crippen molar-refractivity contribution in [2.75, 3.05) is 0 Å². The molecule has 1 unspecified atom stereocenters. The lowest BCUT2D eigenvalue weighted by Crippen LogP contribution is -2.39. The van der Waals surface area contributed by atoms with Crippen LogP contribution in [0.25, 0.3) is 0 Å². The molecule has 1 fully saturated rings. The van der Waals surface area contributed by atoms with Gasteiger partial charge in [0.1, 0.15) is 17.0 Å². The summed E-state index contributed by atoms with van der Waals surface area (Å²) in [4.78, 5) is 12.5. The van der Waals surface area contributed by atoms with Crippen molar-refractivity contribution in [3.8, 4) is 0 Å². The van der Waals surface area contributed by atoms with E-state index in [1.165, 1.54) is 4.31 Å². The van der Waals surface area contributed by atoms with E-state index in [1.807, 2.05) is 81.4 Å². The number of hydrogen-bond acceptors (Lipinski definition) is 3. The first-order chi connectivity index (χ1) is 11.4. The van der Waals surface area contributed by atoms with Crippen molar-refractivity contribution in [3.63, 3.8) is 0 Å². The van der Waals surface area contributed by atoms with E-state index < -0.39 is 34.0 Å². The van der Waals surface area contributed by atoms with E-state index in [1.54, 1.807) is 0 Å². The summed E-state index contributed by atoms with van der Waals surface area (Å²) >= 11 is 0. The van der Waals surface area contributed by atoms with Gasteiger partial charge >= 0.3 is 6.09 Å². The Balaban J connectivity index is 2.08. The third-order valence-electron chi connectivity index (χ3n) is 3.92. The molecule has 4 nitrogen and oxygen atoms in total. The maximum atomic E-state index is 13.0. The zero-order valence-corrected chi connectivity index (χ0v) is 14.8. The highest BCUT2D eigenvalue weighted by atomic mass is 32.2. The molecule has 0 aliphatic carbocycles. The highest BCUT2D eigenvalue weighted by Crippen LogP contribution is 2.45. The van der Waals surface area contributed by atoms with E-state index in [2.05, 4.69) is 0 Å².